The van der Waals surface area contributed by atoms with Crippen molar-refractivity contribution in [3.63, 3.8) is 0 Å². The fourth-order valence-electron chi connectivity index (χ4n) is 4.85. The summed E-state index contributed by atoms with van der Waals surface area (Å²) in [5.74, 6) is -0.0736. The molecule has 1 N–H and O–H groups in total. The first-order valence-corrected chi connectivity index (χ1v) is 16.1. The molecule has 2 aliphatic rings. The lowest BCUT2D eigenvalue weighted by atomic mass is 10.0. The second-order valence-electron chi connectivity index (χ2n) is 9.67. The van der Waals surface area contributed by atoms with Crippen molar-refractivity contribution in [1.29, 1.82) is 0 Å². The highest BCUT2D eigenvalue weighted by Gasteiger charge is 2.54. The number of amides is 2. The Morgan fingerprint density at radius 1 is 0.976 bits per heavy atom. The van der Waals surface area contributed by atoms with Crippen LogP contribution in [-0.2, 0) is 31.3 Å². The van der Waals surface area contributed by atoms with E-state index in [4.69, 9.17) is 4.74 Å². The monoisotopic (exact) mass is 614 g/mol. The summed E-state index contributed by atoms with van der Waals surface area (Å²) < 4.78 is 10.1. The van der Waals surface area contributed by atoms with Crippen molar-refractivity contribution >= 4 is 52.8 Å². The van der Waals surface area contributed by atoms with Crippen LogP contribution in [0.3, 0.4) is 0 Å². The number of rotatable bonds is 10. The number of thioether (sulfide) groups is 2. The zero-order chi connectivity index (χ0) is 28.9. The molecule has 0 saturated carbocycles. The lowest BCUT2D eigenvalue weighted by molar-refractivity contribution is -0.154. The number of esters is 1. The number of hydrogen-bond donors (Lipinski definition) is 1. The van der Waals surface area contributed by atoms with Gasteiger partial charge in [-0.1, -0.05) is 95.5 Å². The van der Waals surface area contributed by atoms with Crippen LogP contribution >= 0.6 is 35.1 Å². The van der Waals surface area contributed by atoms with Crippen molar-refractivity contribution in [3.05, 3.63) is 129 Å². The van der Waals surface area contributed by atoms with Gasteiger partial charge in [-0.3, -0.25) is 14.5 Å². The summed E-state index contributed by atoms with van der Waals surface area (Å²) in [5, 5.41) is 6.39. The Kier molecular flexibility index (Phi) is 8.68. The van der Waals surface area contributed by atoms with E-state index in [2.05, 4.69) is 14.9 Å². The number of carbonyl (C=O) groups excluding carboxylic acids is 3. The number of hydrogen-bond acceptors (Lipinski definition) is 9. The summed E-state index contributed by atoms with van der Waals surface area (Å²) in [5.41, 5.74) is 2.75. The molecule has 42 heavy (non-hydrogen) atoms. The van der Waals surface area contributed by atoms with Crippen LogP contribution in [0.2, 0.25) is 0 Å². The first-order valence-electron chi connectivity index (χ1n) is 13.3. The van der Waals surface area contributed by atoms with Crippen LogP contribution in [0.15, 0.2) is 108 Å². The standard InChI is InChI=1S/C31H26N4O4S3/c36-25(16-20-10-4-1-5-11-20)33-26-29(37)35-27(24(19-41-30(26)35)40-18-23-17-32-34-42-23)31(38)39-28(21-12-6-2-7-13-21)22-14-8-3-9-15-22/h1-15,17,26,28,30H,16,18-19H2,(H,33,36)/t26-,30-/m1/s1. The number of fused-ring (bicyclic) bond motifs is 1. The summed E-state index contributed by atoms with van der Waals surface area (Å²) in [6.45, 7) is 0. The van der Waals surface area contributed by atoms with Crippen LogP contribution in [-0.4, -0.2) is 49.4 Å². The largest absolute Gasteiger partial charge is 0.448 e. The molecule has 3 aromatic carbocycles. The van der Waals surface area contributed by atoms with Crippen LogP contribution < -0.4 is 5.32 Å². The minimum absolute atomic E-state index is 0.173. The lowest BCUT2D eigenvalue weighted by Crippen LogP contribution is -2.70. The molecule has 0 radical (unpaired) electrons. The molecule has 0 bridgehead atoms. The Balaban J connectivity index is 1.26. The molecule has 2 amide bonds. The van der Waals surface area contributed by atoms with Crippen LogP contribution in [0.1, 0.15) is 27.7 Å². The maximum Gasteiger partial charge on any atom is 0.356 e. The predicted octanol–water partition coefficient (Wildman–Crippen LogP) is 4.96. The van der Waals surface area contributed by atoms with Crippen LogP contribution in [0.5, 0.6) is 0 Å². The van der Waals surface area contributed by atoms with E-state index in [1.807, 2.05) is 91.0 Å². The molecule has 0 aliphatic carbocycles. The molecule has 8 nitrogen and oxygen atoms in total. The van der Waals surface area contributed by atoms with Crippen LogP contribution in [0, 0.1) is 0 Å². The minimum Gasteiger partial charge on any atom is -0.448 e. The van der Waals surface area contributed by atoms with E-state index < -0.39 is 23.5 Å². The zero-order valence-electron chi connectivity index (χ0n) is 22.3. The third kappa shape index (κ3) is 6.13. The molecule has 0 unspecified atom stereocenters. The summed E-state index contributed by atoms with van der Waals surface area (Å²) in [7, 11) is 0. The Bertz CT molecular complexity index is 1540. The van der Waals surface area contributed by atoms with Crippen molar-refractivity contribution < 1.29 is 19.1 Å². The van der Waals surface area contributed by atoms with Crippen LogP contribution in [0.25, 0.3) is 0 Å². The van der Waals surface area contributed by atoms with Crippen molar-refractivity contribution in [2.24, 2.45) is 0 Å². The molecule has 1 fully saturated rings. The van der Waals surface area contributed by atoms with Crippen molar-refractivity contribution in [3.8, 4) is 0 Å². The van der Waals surface area contributed by atoms with E-state index in [9.17, 15) is 14.4 Å². The van der Waals surface area contributed by atoms with Crippen molar-refractivity contribution in [2.45, 2.75) is 29.7 Å². The molecule has 6 rings (SSSR count). The summed E-state index contributed by atoms with van der Waals surface area (Å²) in [6, 6.07) is 27.7. The zero-order valence-corrected chi connectivity index (χ0v) is 24.7. The van der Waals surface area contributed by atoms with Gasteiger partial charge < -0.3 is 10.1 Å². The number of ether oxygens (including phenoxy) is 1. The van der Waals surface area contributed by atoms with E-state index >= 15 is 0 Å². The lowest BCUT2D eigenvalue weighted by Gasteiger charge is -2.49. The highest BCUT2D eigenvalue weighted by Crippen LogP contribution is 2.45. The van der Waals surface area contributed by atoms with Crippen LogP contribution in [0.4, 0.5) is 0 Å². The molecule has 2 atom stereocenters. The van der Waals surface area contributed by atoms with Gasteiger partial charge in [0.1, 0.15) is 17.1 Å². The predicted molar refractivity (Wildman–Crippen MR) is 164 cm³/mol. The molecule has 0 spiro atoms. The van der Waals surface area contributed by atoms with Gasteiger partial charge in [0.25, 0.3) is 5.91 Å². The average molecular weight is 615 g/mol. The molecule has 1 saturated heterocycles. The van der Waals surface area contributed by atoms with Gasteiger partial charge in [-0.05, 0) is 28.2 Å². The van der Waals surface area contributed by atoms with Gasteiger partial charge in [-0.2, -0.15) is 0 Å². The molecule has 1 aromatic heterocycles. The maximum absolute atomic E-state index is 14.0. The highest BCUT2D eigenvalue weighted by molar-refractivity contribution is 8.05. The molecular weight excluding hydrogens is 589 g/mol. The van der Waals surface area contributed by atoms with Gasteiger partial charge in [0.2, 0.25) is 5.91 Å². The molecule has 2 aliphatic heterocycles. The van der Waals surface area contributed by atoms with Gasteiger partial charge in [0, 0.05) is 16.4 Å². The number of aromatic nitrogens is 2. The highest BCUT2D eigenvalue weighted by atomic mass is 32.2. The van der Waals surface area contributed by atoms with Crippen molar-refractivity contribution in [1.82, 2.24) is 19.8 Å². The maximum atomic E-state index is 14.0. The normalized spacial score (nSPS) is 17.9. The first kappa shape index (κ1) is 28.2. The van der Waals surface area contributed by atoms with Gasteiger partial charge in [0.15, 0.2) is 6.10 Å². The summed E-state index contributed by atoms with van der Waals surface area (Å²) in [6.07, 6.45) is 1.21. The quantitative estimate of drug-likeness (QED) is 0.198. The first-order chi connectivity index (χ1) is 20.6. The number of benzene rings is 3. The second kappa shape index (κ2) is 12.9. The Hall–Kier alpha value is -3.93. The molecule has 11 heteroatoms. The molecule has 212 valence electrons. The second-order valence-corrected chi connectivity index (χ2v) is 12.7. The average Bonchev–Trinajstić information content (AvgIpc) is 3.56. The topological polar surface area (TPSA) is 101 Å². The third-order valence-electron chi connectivity index (χ3n) is 6.88. The number of β-lactam (4-membered cyclic amide) rings is 1. The molecule has 3 heterocycles. The van der Waals surface area contributed by atoms with E-state index in [1.54, 1.807) is 6.20 Å². The SMILES string of the molecule is O=C(Cc1ccccc1)N[C@@H]1C(=O)N2C(C(=O)OC(c3ccccc3)c3ccccc3)=C(SCc3cnns3)CS[C@H]12. The van der Waals surface area contributed by atoms with E-state index in [0.29, 0.717) is 11.5 Å². The van der Waals surface area contributed by atoms with Gasteiger partial charge in [-0.25, -0.2) is 4.79 Å². The van der Waals surface area contributed by atoms with Gasteiger partial charge in [0.05, 0.1) is 17.5 Å². The fraction of sp³-hybridized carbons (Fsp3) is 0.194. The summed E-state index contributed by atoms with van der Waals surface area (Å²) >= 11 is 4.30. The molecular formula is C31H26N4O4S3. The van der Waals surface area contributed by atoms with E-state index in [1.165, 1.54) is 40.0 Å². The van der Waals surface area contributed by atoms with Crippen molar-refractivity contribution in [2.75, 3.05) is 5.75 Å². The Morgan fingerprint density at radius 3 is 2.24 bits per heavy atom. The third-order valence-corrected chi connectivity index (χ3v) is 10.3. The Labute approximate surface area is 255 Å². The number of nitrogens with one attached hydrogen (secondary N) is 1. The number of carbonyl (C=O) groups is 3. The number of nitrogens with zero attached hydrogens (tertiary/aromatic N) is 3. The molecule has 4 aromatic rings. The van der Waals surface area contributed by atoms with E-state index in [0.717, 1.165) is 26.5 Å². The van der Waals surface area contributed by atoms with E-state index in [-0.39, 0.29) is 23.9 Å². The smallest absolute Gasteiger partial charge is 0.356 e. The fourth-order valence-corrected chi connectivity index (χ4v) is 7.98. The van der Waals surface area contributed by atoms with Gasteiger partial charge in [-0.15, -0.1) is 28.6 Å². The van der Waals surface area contributed by atoms with Gasteiger partial charge >= 0.3 is 5.97 Å². The minimum atomic E-state index is -0.717. The summed E-state index contributed by atoms with van der Waals surface area (Å²) in [4.78, 5) is 43.6. The Morgan fingerprint density at radius 2 is 1.62 bits per heavy atom.